The van der Waals surface area contributed by atoms with Gasteiger partial charge in [-0.15, -0.1) is 11.8 Å². The normalized spacial score (nSPS) is 18.5. The van der Waals surface area contributed by atoms with Gasteiger partial charge in [-0.1, -0.05) is 91.0 Å². The zero-order valence-corrected chi connectivity index (χ0v) is 20.7. The van der Waals surface area contributed by atoms with Gasteiger partial charge in [0.2, 0.25) is 0 Å². The second-order valence-electron chi connectivity index (χ2n) is 9.59. The van der Waals surface area contributed by atoms with Gasteiger partial charge in [0.1, 0.15) is 11.9 Å². The van der Waals surface area contributed by atoms with Crippen molar-refractivity contribution in [1.29, 1.82) is 0 Å². The summed E-state index contributed by atoms with van der Waals surface area (Å²) in [6.45, 7) is 5.98. The second-order valence-corrected chi connectivity index (χ2v) is 11.1. The van der Waals surface area contributed by atoms with Crippen LogP contribution in [0, 0.1) is 0 Å². The Hall–Kier alpha value is -3.05. The highest BCUT2D eigenvalue weighted by molar-refractivity contribution is 8.01. The van der Waals surface area contributed by atoms with E-state index in [1.165, 1.54) is 0 Å². The highest BCUT2D eigenvalue weighted by atomic mass is 32.2. The molecular weight excluding hydrogens is 442 g/mol. The van der Waals surface area contributed by atoms with E-state index in [4.69, 9.17) is 4.74 Å². The molecule has 1 amide bonds. The van der Waals surface area contributed by atoms with Gasteiger partial charge in [0.05, 0.1) is 10.8 Å². The summed E-state index contributed by atoms with van der Waals surface area (Å²) in [4.78, 5) is 26.4. The summed E-state index contributed by atoms with van der Waals surface area (Å²) in [5.74, 6) is 0. The van der Waals surface area contributed by atoms with Gasteiger partial charge in [-0.25, -0.2) is 4.79 Å². The monoisotopic (exact) mass is 473 g/mol. The lowest BCUT2D eigenvalue weighted by Crippen LogP contribution is -2.40. The summed E-state index contributed by atoms with van der Waals surface area (Å²) >= 11 is 1.81. The van der Waals surface area contributed by atoms with Crippen molar-refractivity contribution in [2.45, 2.75) is 48.8 Å². The van der Waals surface area contributed by atoms with Crippen molar-refractivity contribution in [3.8, 4) is 0 Å². The summed E-state index contributed by atoms with van der Waals surface area (Å²) in [5.41, 5.74) is 2.87. The number of ether oxygens (including phenoxy) is 1. The van der Waals surface area contributed by atoms with Crippen LogP contribution >= 0.6 is 11.8 Å². The number of amides is 1. The molecule has 1 aliphatic rings. The molecule has 4 nitrogen and oxygen atoms in total. The first-order valence-electron chi connectivity index (χ1n) is 11.6. The van der Waals surface area contributed by atoms with Crippen LogP contribution in [-0.4, -0.2) is 40.7 Å². The Morgan fingerprint density at radius 2 is 1.29 bits per heavy atom. The average Bonchev–Trinajstić information content (AvgIpc) is 3.26. The Morgan fingerprint density at radius 1 is 0.853 bits per heavy atom. The average molecular weight is 474 g/mol. The third-order valence-electron chi connectivity index (χ3n) is 5.97. The van der Waals surface area contributed by atoms with Crippen LogP contribution in [0.3, 0.4) is 0 Å². The van der Waals surface area contributed by atoms with Gasteiger partial charge in [-0.05, 0) is 43.9 Å². The fourth-order valence-electron chi connectivity index (χ4n) is 4.54. The zero-order valence-electron chi connectivity index (χ0n) is 19.9. The molecule has 3 aromatic rings. The molecule has 2 atom stereocenters. The lowest BCUT2D eigenvalue weighted by Gasteiger charge is -2.37. The van der Waals surface area contributed by atoms with Crippen molar-refractivity contribution in [2.75, 3.05) is 6.54 Å². The fourth-order valence-corrected chi connectivity index (χ4v) is 6.39. The van der Waals surface area contributed by atoms with E-state index >= 15 is 0 Å². The number of hydrogen-bond donors (Lipinski definition) is 0. The van der Waals surface area contributed by atoms with Crippen molar-refractivity contribution in [3.05, 3.63) is 108 Å². The molecule has 0 unspecified atom stereocenters. The van der Waals surface area contributed by atoms with E-state index in [1.54, 1.807) is 4.90 Å². The van der Waals surface area contributed by atoms with Gasteiger partial charge in [0, 0.05) is 11.8 Å². The third kappa shape index (κ3) is 5.05. The lowest BCUT2D eigenvalue weighted by molar-refractivity contribution is -0.111. The van der Waals surface area contributed by atoms with Crippen molar-refractivity contribution in [2.24, 2.45) is 0 Å². The van der Waals surface area contributed by atoms with Gasteiger partial charge >= 0.3 is 6.09 Å². The van der Waals surface area contributed by atoms with Crippen LogP contribution in [-0.2, 0) is 14.3 Å². The molecule has 34 heavy (non-hydrogen) atoms. The Kier molecular flexibility index (Phi) is 7.13. The van der Waals surface area contributed by atoms with Crippen LogP contribution < -0.4 is 0 Å². The molecule has 0 N–H and O–H groups in total. The van der Waals surface area contributed by atoms with Crippen LogP contribution in [0.25, 0.3) is 0 Å². The van der Waals surface area contributed by atoms with E-state index in [-0.39, 0.29) is 5.25 Å². The summed E-state index contributed by atoms with van der Waals surface area (Å²) < 4.78 is 5.11. The molecule has 5 heteroatoms. The van der Waals surface area contributed by atoms with Gasteiger partial charge in [0.15, 0.2) is 0 Å². The molecule has 0 saturated carbocycles. The fraction of sp³-hybridized carbons (Fsp3) is 0.310. The van der Waals surface area contributed by atoms with Crippen LogP contribution in [0.5, 0.6) is 0 Å². The maximum Gasteiger partial charge on any atom is 0.410 e. The van der Waals surface area contributed by atoms with Crippen molar-refractivity contribution in [3.63, 3.8) is 0 Å². The lowest BCUT2D eigenvalue weighted by atomic mass is 9.84. The number of aldehydes is 1. The van der Waals surface area contributed by atoms with Crippen LogP contribution in [0.4, 0.5) is 4.79 Å². The van der Waals surface area contributed by atoms with Crippen molar-refractivity contribution in [1.82, 2.24) is 4.90 Å². The third-order valence-corrected chi connectivity index (χ3v) is 7.71. The van der Waals surface area contributed by atoms with Gasteiger partial charge < -0.3 is 9.53 Å². The number of carbonyl (C=O) groups excluding carboxylic acids is 2. The molecule has 1 heterocycles. The predicted octanol–water partition coefficient (Wildman–Crippen LogP) is 6.29. The highest BCUT2D eigenvalue weighted by Crippen LogP contribution is 2.52. The molecule has 3 aromatic carbocycles. The Balaban J connectivity index is 1.77. The molecule has 4 rings (SSSR count). The topological polar surface area (TPSA) is 46.6 Å². The molecule has 1 saturated heterocycles. The first kappa shape index (κ1) is 24.1. The van der Waals surface area contributed by atoms with E-state index in [1.807, 2.05) is 50.7 Å². The first-order valence-corrected chi connectivity index (χ1v) is 12.5. The van der Waals surface area contributed by atoms with Crippen LogP contribution in [0.2, 0.25) is 0 Å². The minimum atomic E-state index is -0.613. The van der Waals surface area contributed by atoms with Gasteiger partial charge in [-0.2, -0.15) is 0 Å². The number of carbonyl (C=O) groups is 2. The van der Waals surface area contributed by atoms with E-state index in [2.05, 4.69) is 72.8 Å². The number of nitrogens with zero attached hydrogens (tertiary/aromatic N) is 1. The van der Waals surface area contributed by atoms with Crippen LogP contribution in [0.1, 0.15) is 43.9 Å². The number of likely N-dealkylation sites (tertiary alicyclic amines) is 1. The Morgan fingerprint density at radius 3 is 1.68 bits per heavy atom. The molecule has 0 aromatic heterocycles. The van der Waals surface area contributed by atoms with E-state index in [0.717, 1.165) is 23.0 Å². The van der Waals surface area contributed by atoms with Gasteiger partial charge in [-0.3, -0.25) is 4.90 Å². The SMILES string of the molecule is CC(C)(C)OC(=O)N1C[C@H](SC(c2ccccc2)(c2ccccc2)c2ccccc2)C[C@H]1C=O. The minimum absolute atomic E-state index is 0.0448. The summed E-state index contributed by atoms with van der Waals surface area (Å²) in [6.07, 6.45) is 1.03. The number of hydrogen-bond acceptors (Lipinski definition) is 4. The highest BCUT2D eigenvalue weighted by Gasteiger charge is 2.44. The predicted molar refractivity (Wildman–Crippen MR) is 138 cm³/mol. The Bertz CT molecular complexity index is 1000. The summed E-state index contributed by atoms with van der Waals surface area (Å²) in [5, 5.41) is 0.0448. The quantitative estimate of drug-likeness (QED) is 0.312. The smallest absolute Gasteiger partial charge is 0.410 e. The number of benzene rings is 3. The number of rotatable bonds is 6. The second kappa shape index (κ2) is 10.1. The molecular formula is C29H31NO3S. The summed E-state index contributed by atoms with van der Waals surface area (Å²) in [7, 11) is 0. The molecule has 0 spiro atoms. The minimum Gasteiger partial charge on any atom is -0.444 e. The zero-order chi connectivity index (χ0) is 24.2. The van der Waals surface area contributed by atoms with E-state index < -0.39 is 22.5 Å². The van der Waals surface area contributed by atoms with E-state index in [0.29, 0.717) is 13.0 Å². The molecule has 0 radical (unpaired) electrons. The van der Waals surface area contributed by atoms with Crippen molar-refractivity contribution >= 4 is 24.1 Å². The largest absolute Gasteiger partial charge is 0.444 e. The maximum atomic E-state index is 12.9. The molecule has 176 valence electrons. The van der Waals surface area contributed by atoms with Gasteiger partial charge in [0.25, 0.3) is 0 Å². The first-order chi connectivity index (χ1) is 16.3. The number of thioether (sulfide) groups is 1. The maximum absolute atomic E-state index is 12.9. The van der Waals surface area contributed by atoms with Crippen molar-refractivity contribution < 1.29 is 14.3 Å². The standard InChI is InChI=1S/C29H31NO3S/c1-28(2,3)33-27(32)30-20-26(19-25(30)21-31)34-29(22-13-7-4-8-14-22,23-15-9-5-10-16-23)24-17-11-6-12-18-24/h4-18,21,25-26H,19-20H2,1-3H3/t25-,26+/m0/s1. The van der Waals surface area contributed by atoms with E-state index in [9.17, 15) is 9.59 Å². The molecule has 0 bridgehead atoms. The Labute approximate surface area is 206 Å². The molecule has 1 aliphatic heterocycles. The molecule has 0 aliphatic carbocycles. The molecule has 1 fully saturated rings. The van der Waals surface area contributed by atoms with Crippen LogP contribution in [0.15, 0.2) is 91.0 Å². The summed E-state index contributed by atoms with van der Waals surface area (Å²) in [6, 6.07) is 30.9.